The zero-order valence-electron chi connectivity index (χ0n) is 17.9. The highest BCUT2D eigenvalue weighted by atomic mass is 16.5. The van der Waals surface area contributed by atoms with Crippen molar-refractivity contribution in [3.8, 4) is 0 Å². The van der Waals surface area contributed by atoms with Gasteiger partial charge in [0.25, 0.3) is 0 Å². The molecule has 0 saturated carbocycles. The fraction of sp³-hybridized carbons (Fsp3) is 0.375. The quantitative estimate of drug-likeness (QED) is 0.413. The van der Waals surface area contributed by atoms with Gasteiger partial charge in [0.2, 0.25) is 0 Å². The fourth-order valence-electron chi connectivity index (χ4n) is 3.19. The SMILES string of the molecule is CN=C(NCCc1c[nH]c2ccccc12)NCc1cccc(COC(C)(C)C)c1. The molecule has 0 atom stereocenters. The Balaban J connectivity index is 1.48. The van der Waals surface area contributed by atoms with E-state index in [1.54, 1.807) is 7.05 Å². The molecule has 0 unspecified atom stereocenters. The molecule has 5 nitrogen and oxygen atoms in total. The van der Waals surface area contributed by atoms with Gasteiger partial charge in [-0.1, -0.05) is 42.5 Å². The fourth-order valence-corrected chi connectivity index (χ4v) is 3.19. The molecule has 0 saturated heterocycles. The van der Waals surface area contributed by atoms with E-state index in [1.807, 2.05) is 0 Å². The molecule has 5 heteroatoms. The van der Waals surface area contributed by atoms with E-state index in [2.05, 4.69) is 96.1 Å². The Labute approximate surface area is 173 Å². The first kappa shape index (κ1) is 20.9. The molecule has 0 aliphatic rings. The van der Waals surface area contributed by atoms with E-state index in [-0.39, 0.29) is 5.60 Å². The summed E-state index contributed by atoms with van der Waals surface area (Å²) in [5, 5.41) is 8.08. The number of aromatic nitrogens is 1. The van der Waals surface area contributed by atoms with Gasteiger partial charge in [-0.3, -0.25) is 4.99 Å². The van der Waals surface area contributed by atoms with Crippen LogP contribution in [0, 0.1) is 0 Å². The van der Waals surface area contributed by atoms with Crippen LogP contribution in [0.2, 0.25) is 0 Å². The zero-order valence-corrected chi connectivity index (χ0v) is 17.9. The highest BCUT2D eigenvalue weighted by Crippen LogP contribution is 2.17. The summed E-state index contributed by atoms with van der Waals surface area (Å²) in [6, 6.07) is 16.9. The van der Waals surface area contributed by atoms with Gasteiger partial charge in [-0.05, 0) is 49.9 Å². The number of nitrogens with one attached hydrogen (secondary N) is 3. The lowest BCUT2D eigenvalue weighted by molar-refractivity contribution is -0.0149. The van der Waals surface area contributed by atoms with Gasteiger partial charge >= 0.3 is 0 Å². The number of rotatable bonds is 7. The predicted octanol–water partition coefficient (Wildman–Crippen LogP) is 4.39. The Bertz CT molecular complexity index is 953. The molecule has 3 aromatic rings. The first-order chi connectivity index (χ1) is 13.9. The van der Waals surface area contributed by atoms with E-state index in [0.717, 1.165) is 25.5 Å². The van der Waals surface area contributed by atoms with Gasteiger partial charge in [-0.2, -0.15) is 0 Å². The molecule has 2 aromatic carbocycles. The van der Waals surface area contributed by atoms with Crippen molar-refractivity contribution in [2.24, 2.45) is 4.99 Å². The molecular weight excluding hydrogens is 360 g/mol. The topological polar surface area (TPSA) is 61.4 Å². The number of H-pyrrole nitrogens is 1. The summed E-state index contributed by atoms with van der Waals surface area (Å²) < 4.78 is 5.88. The summed E-state index contributed by atoms with van der Waals surface area (Å²) in [5.41, 5.74) is 4.75. The number of hydrogen-bond donors (Lipinski definition) is 3. The van der Waals surface area contributed by atoms with Crippen LogP contribution in [-0.4, -0.2) is 30.1 Å². The van der Waals surface area contributed by atoms with Crippen LogP contribution in [-0.2, 0) is 24.3 Å². The second-order valence-corrected chi connectivity index (χ2v) is 8.18. The van der Waals surface area contributed by atoms with E-state index >= 15 is 0 Å². The number of ether oxygens (including phenoxy) is 1. The van der Waals surface area contributed by atoms with Crippen molar-refractivity contribution in [3.63, 3.8) is 0 Å². The molecular formula is C24H32N4O. The molecule has 3 rings (SSSR count). The van der Waals surface area contributed by atoms with Crippen molar-refractivity contribution in [1.82, 2.24) is 15.6 Å². The van der Waals surface area contributed by atoms with Crippen molar-refractivity contribution < 1.29 is 4.74 Å². The Hall–Kier alpha value is -2.79. The second kappa shape index (κ2) is 9.61. The monoisotopic (exact) mass is 392 g/mol. The lowest BCUT2D eigenvalue weighted by Crippen LogP contribution is -2.37. The zero-order chi connectivity index (χ0) is 20.7. The molecule has 0 radical (unpaired) electrons. The average molecular weight is 393 g/mol. The maximum atomic E-state index is 5.88. The van der Waals surface area contributed by atoms with Crippen LogP contribution in [0.4, 0.5) is 0 Å². The van der Waals surface area contributed by atoms with Gasteiger partial charge < -0.3 is 20.4 Å². The number of para-hydroxylation sites is 1. The number of fused-ring (bicyclic) bond motifs is 1. The normalized spacial score (nSPS) is 12.3. The highest BCUT2D eigenvalue weighted by Gasteiger charge is 2.10. The van der Waals surface area contributed by atoms with E-state index in [4.69, 9.17) is 4.74 Å². The summed E-state index contributed by atoms with van der Waals surface area (Å²) in [4.78, 5) is 7.67. The smallest absolute Gasteiger partial charge is 0.191 e. The van der Waals surface area contributed by atoms with Crippen molar-refractivity contribution in [3.05, 3.63) is 71.4 Å². The van der Waals surface area contributed by atoms with Crippen LogP contribution in [0.15, 0.2) is 59.7 Å². The van der Waals surface area contributed by atoms with Gasteiger partial charge in [0.15, 0.2) is 5.96 Å². The third-order valence-electron chi connectivity index (χ3n) is 4.71. The third-order valence-corrected chi connectivity index (χ3v) is 4.71. The van der Waals surface area contributed by atoms with E-state index < -0.39 is 0 Å². The molecule has 1 aromatic heterocycles. The summed E-state index contributed by atoms with van der Waals surface area (Å²) in [7, 11) is 1.80. The standard InChI is InChI=1S/C24H32N4O/c1-24(2,3)29-17-19-9-7-8-18(14-19)15-28-23(25-4)26-13-12-20-16-27-22-11-6-5-10-21(20)22/h5-11,14,16,27H,12-13,15,17H2,1-4H3,(H2,25,26,28). The summed E-state index contributed by atoms with van der Waals surface area (Å²) in [6.45, 7) is 8.38. The first-order valence-electron chi connectivity index (χ1n) is 10.2. The van der Waals surface area contributed by atoms with E-state index in [9.17, 15) is 0 Å². The molecule has 0 spiro atoms. The molecule has 0 bridgehead atoms. The summed E-state index contributed by atoms with van der Waals surface area (Å²) in [5.74, 6) is 0.807. The molecule has 0 amide bonds. The van der Waals surface area contributed by atoms with Crippen molar-refractivity contribution in [1.29, 1.82) is 0 Å². The Morgan fingerprint density at radius 1 is 1.03 bits per heavy atom. The van der Waals surface area contributed by atoms with E-state index in [0.29, 0.717) is 6.61 Å². The molecule has 0 fully saturated rings. The lowest BCUT2D eigenvalue weighted by Gasteiger charge is -2.19. The molecule has 154 valence electrons. The molecule has 3 N–H and O–H groups in total. The Morgan fingerprint density at radius 3 is 2.62 bits per heavy atom. The Kier molecular flexibility index (Phi) is 6.94. The maximum absolute atomic E-state index is 5.88. The molecule has 29 heavy (non-hydrogen) atoms. The predicted molar refractivity (Wildman–Crippen MR) is 121 cm³/mol. The number of hydrogen-bond acceptors (Lipinski definition) is 2. The lowest BCUT2D eigenvalue weighted by atomic mass is 10.1. The van der Waals surface area contributed by atoms with Crippen molar-refractivity contribution >= 4 is 16.9 Å². The van der Waals surface area contributed by atoms with Crippen molar-refractivity contribution in [2.75, 3.05) is 13.6 Å². The second-order valence-electron chi connectivity index (χ2n) is 8.18. The molecule has 0 aliphatic heterocycles. The number of nitrogens with zero attached hydrogens (tertiary/aromatic N) is 1. The van der Waals surface area contributed by atoms with Crippen LogP contribution < -0.4 is 10.6 Å². The van der Waals surface area contributed by atoms with Crippen LogP contribution in [0.3, 0.4) is 0 Å². The summed E-state index contributed by atoms with van der Waals surface area (Å²) >= 11 is 0. The maximum Gasteiger partial charge on any atom is 0.191 e. The molecule has 1 heterocycles. The van der Waals surface area contributed by atoms with Crippen LogP contribution in [0.1, 0.15) is 37.5 Å². The summed E-state index contributed by atoms with van der Waals surface area (Å²) in [6.07, 6.45) is 3.03. The molecule has 0 aliphatic carbocycles. The number of benzene rings is 2. The van der Waals surface area contributed by atoms with Crippen molar-refractivity contribution in [2.45, 2.75) is 45.9 Å². The van der Waals surface area contributed by atoms with Crippen LogP contribution in [0.25, 0.3) is 10.9 Å². The first-order valence-corrected chi connectivity index (χ1v) is 10.2. The van der Waals surface area contributed by atoms with Gasteiger partial charge in [-0.15, -0.1) is 0 Å². The number of guanidine groups is 1. The van der Waals surface area contributed by atoms with Gasteiger partial charge in [0.1, 0.15) is 0 Å². The van der Waals surface area contributed by atoms with E-state index in [1.165, 1.54) is 27.6 Å². The third kappa shape index (κ3) is 6.36. The van der Waals surface area contributed by atoms with Gasteiger partial charge in [-0.25, -0.2) is 0 Å². The van der Waals surface area contributed by atoms with Gasteiger partial charge in [0.05, 0.1) is 12.2 Å². The average Bonchev–Trinajstić information content (AvgIpc) is 3.12. The minimum atomic E-state index is -0.134. The van der Waals surface area contributed by atoms with Crippen LogP contribution >= 0.6 is 0 Å². The highest BCUT2D eigenvalue weighted by molar-refractivity contribution is 5.83. The largest absolute Gasteiger partial charge is 0.371 e. The number of aliphatic imine (C=N–C) groups is 1. The number of aromatic amines is 1. The Morgan fingerprint density at radius 2 is 1.83 bits per heavy atom. The minimum Gasteiger partial charge on any atom is -0.371 e. The van der Waals surface area contributed by atoms with Gasteiger partial charge in [0, 0.05) is 37.2 Å². The minimum absolute atomic E-state index is 0.134. The van der Waals surface area contributed by atoms with Crippen LogP contribution in [0.5, 0.6) is 0 Å².